The predicted molar refractivity (Wildman–Crippen MR) is 62.6 cm³/mol. The normalized spacial score (nSPS) is 30.6. The first-order chi connectivity index (χ1) is 7.47. The van der Waals surface area contributed by atoms with Gasteiger partial charge < -0.3 is 14.7 Å². The maximum Gasteiger partial charge on any atom is 0.0609 e. The number of hydrogen-bond acceptors (Lipinski definition) is 4. The molecule has 1 saturated heterocycles. The van der Waals surface area contributed by atoms with Crippen LogP contribution in [0.15, 0.2) is 0 Å². The van der Waals surface area contributed by atoms with Crippen LogP contribution in [0, 0.1) is 0 Å². The van der Waals surface area contributed by atoms with Crippen LogP contribution in [0.4, 0.5) is 0 Å². The minimum absolute atomic E-state index is 0.163. The molecule has 1 heterocycles. The summed E-state index contributed by atoms with van der Waals surface area (Å²) in [4.78, 5) is 0. The van der Waals surface area contributed by atoms with E-state index in [0.717, 1.165) is 32.5 Å². The molecule has 2 atom stereocenters. The minimum atomic E-state index is -0.191. The third-order valence-corrected chi connectivity index (χ3v) is 3.22. The van der Waals surface area contributed by atoms with Gasteiger partial charge in [0.1, 0.15) is 0 Å². The fraction of sp³-hybridized carbons (Fsp3) is 1.00. The summed E-state index contributed by atoms with van der Waals surface area (Å²) in [6.45, 7) is 7.62. The Bertz CT molecular complexity index is 208. The first kappa shape index (κ1) is 13.9. The number of piperidine rings is 1. The summed E-state index contributed by atoms with van der Waals surface area (Å²) in [6, 6.07) is 0.163. The van der Waals surface area contributed by atoms with Crippen LogP contribution in [-0.4, -0.2) is 48.3 Å². The second-order valence-corrected chi connectivity index (χ2v) is 5.29. The van der Waals surface area contributed by atoms with Gasteiger partial charge in [-0.15, -0.1) is 0 Å². The zero-order chi connectivity index (χ0) is 12.2. The lowest BCUT2D eigenvalue weighted by Gasteiger charge is -2.45. The average molecular weight is 231 g/mol. The highest BCUT2D eigenvalue weighted by molar-refractivity contribution is 4.89. The van der Waals surface area contributed by atoms with E-state index in [1.54, 1.807) is 7.11 Å². The molecule has 4 heteroatoms. The molecule has 0 aliphatic carbocycles. The van der Waals surface area contributed by atoms with E-state index in [-0.39, 0.29) is 17.7 Å². The highest BCUT2D eigenvalue weighted by Gasteiger charge is 2.38. The zero-order valence-electron chi connectivity index (χ0n) is 10.9. The Hall–Kier alpha value is -0.160. The van der Waals surface area contributed by atoms with E-state index in [9.17, 15) is 5.21 Å². The van der Waals surface area contributed by atoms with E-state index in [1.165, 1.54) is 5.06 Å². The van der Waals surface area contributed by atoms with Gasteiger partial charge in [0.25, 0.3) is 0 Å². The van der Waals surface area contributed by atoms with Crippen LogP contribution in [0.5, 0.6) is 0 Å². The molecule has 0 aromatic rings. The summed E-state index contributed by atoms with van der Waals surface area (Å²) >= 11 is 0. The highest BCUT2D eigenvalue weighted by Crippen LogP contribution is 2.31. The zero-order valence-corrected chi connectivity index (χ0v) is 10.9. The van der Waals surface area contributed by atoms with Crippen molar-refractivity contribution in [1.82, 2.24) is 5.06 Å². The van der Waals surface area contributed by atoms with Gasteiger partial charge >= 0.3 is 0 Å². The average Bonchev–Trinajstić information content (AvgIpc) is 2.20. The maximum atomic E-state index is 9.89. The quantitative estimate of drug-likeness (QED) is 0.735. The molecule has 1 aliphatic heterocycles. The van der Waals surface area contributed by atoms with Crippen molar-refractivity contribution in [1.29, 1.82) is 0 Å². The molecule has 0 spiro atoms. The number of hydroxylamine groups is 2. The molecular weight excluding hydrogens is 206 g/mol. The standard InChI is InChI=1S/C12H25NO3/c1-10-8-11(16-7-5-6-15-4)9-12(2,3)13(10)14/h10-11,14H,5-9H2,1-4H3. The minimum Gasteiger partial charge on any atom is -0.385 e. The van der Waals surface area contributed by atoms with Crippen molar-refractivity contribution >= 4 is 0 Å². The lowest BCUT2D eigenvalue weighted by Crippen LogP contribution is -2.54. The molecule has 0 bridgehead atoms. The summed E-state index contributed by atoms with van der Waals surface area (Å²) < 4.78 is 10.8. The summed E-state index contributed by atoms with van der Waals surface area (Å²) in [7, 11) is 1.70. The van der Waals surface area contributed by atoms with E-state index in [1.807, 2.05) is 20.8 Å². The lowest BCUT2D eigenvalue weighted by atomic mass is 9.87. The van der Waals surface area contributed by atoms with E-state index in [2.05, 4.69) is 0 Å². The molecule has 0 aromatic carbocycles. The Balaban J connectivity index is 2.33. The Morgan fingerprint density at radius 3 is 2.62 bits per heavy atom. The van der Waals surface area contributed by atoms with Gasteiger partial charge in [-0.1, -0.05) is 0 Å². The van der Waals surface area contributed by atoms with E-state index in [4.69, 9.17) is 9.47 Å². The van der Waals surface area contributed by atoms with Gasteiger partial charge in [-0.05, 0) is 40.0 Å². The first-order valence-electron chi connectivity index (χ1n) is 6.06. The Morgan fingerprint density at radius 2 is 2.06 bits per heavy atom. The van der Waals surface area contributed by atoms with Gasteiger partial charge in [0.05, 0.1) is 6.10 Å². The second-order valence-electron chi connectivity index (χ2n) is 5.29. The second kappa shape index (κ2) is 5.96. The van der Waals surface area contributed by atoms with Crippen molar-refractivity contribution in [2.45, 2.75) is 57.7 Å². The molecule has 96 valence electrons. The smallest absolute Gasteiger partial charge is 0.0609 e. The van der Waals surface area contributed by atoms with Crippen molar-refractivity contribution in [3.8, 4) is 0 Å². The molecule has 0 amide bonds. The Morgan fingerprint density at radius 1 is 1.38 bits per heavy atom. The lowest BCUT2D eigenvalue weighted by molar-refractivity contribution is -0.227. The van der Waals surface area contributed by atoms with Crippen LogP contribution in [-0.2, 0) is 9.47 Å². The molecule has 1 fully saturated rings. The first-order valence-corrected chi connectivity index (χ1v) is 6.06. The van der Waals surface area contributed by atoms with Crippen molar-refractivity contribution < 1.29 is 14.7 Å². The molecule has 2 unspecified atom stereocenters. The summed E-state index contributed by atoms with van der Waals surface area (Å²) in [5.41, 5.74) is -0.191. The van der Waals surface area contributed by atoms with E-state index >= 15 is 0 Å². The van der Waals surface area contributed by atoms with Gasteiger partial charge in [-0.25, -0.2) is 0 Å². The topological polar surface area (TPSA) is 41.9 Å². The van der Waals surface area contributed by atoms with E-state index < -0.39 is 0 Å². The van der Waals surface area contributed by atoms with Crippen LogP contribution in [0.3, 0.4) is 0 Å². The molecule has 1 rings (SSSR count). The van der Waals surface area contributed by atoms with Crippen LogP contribution < -0.4 is 0 Å². The van der Waals surface area contributed by atoms with Gasteiger partial charge in [-0.2, -0.15) is 5.06 Å². The monoisotopic (exact) mass is 231 g/mol. The van der Waals surface area contributed by atoms with E-state index in [0.29, 0.717) is 0 Å². The maximum absolute atomic E-state index is 9.89. The van der Waals surface area contributed by atoms with Crippen LogP contribution in [0.25, 0.3) is 0 Å². The molecule has 4 nitrogen and oxygen atoms in total. The molecule has 1 aliphatic rings. The van der Waals surface area contributed by atoms with Gasteiger partial charge in [0, 0.05) is 31.9 Å². The molecule has 0 saturated carbocycles. The highest BCUT2D eigenvalue weighted by atomic mass is 16.5. The number of rotatable bonds is 5. The third kappa shape index (κ3) is 3.70. The summed E-state index contributed by atoms with van der Waals surface area (Å²) in [6.07, 6.45) is 2.96. The van der Waals surface area contributed by atoms with Crippen molar-refractivity contribution in [3.05, 3.63) is 0 Å². The summed E-state index contributed by atoms with van der Waals surface area (Å²) in [5.74, 6) is 0. The largest absolute Gasteiger partial charge is 0.385 e. The SMILES string of the molecule is COCCCOC1CC(C)N(O)C(C)(C)C1. The fourth-order valence-corrected chi connectivity index (χ4v) is 2.39. The third-order valence-electron chi connectivity index (χ3n) is 3.22. The predicted octanol–water partition coefficient (Wildman–Crippen LogP) is 2.06. The molecule has 1 N–H and O–H groups in total. The number of nitrogens with zero attached hydrogens (tertiary/aromatic N) is 1. The Labute approximate surface area is 98.5 Å². The number of hydrogen-bond donors (Lipinski definition) is 1. The number of methoxy groups -OCH3 is 1. The molecular formula is C12H25NO3. The van der Waals surface area contributed by atoms with Crippen LogP contribution >= 0.6 is 0 Å². The van der Waals surface area contributed by atoms with Crippen LogP contribution in [0.2, 0.25) is 0 Å². The van der Waals surface area contributed by atoms with Crippen LogP contribution in [0.1, 0.15) is 40.0 Å². The summed E-state index contributed by atoms with van der Waals surface area (Å²) in [5, 5.41) is 11.4. The van der Waals surface area contributed by atoms with Crippen molar-refractivity contribution in [3.63, 3.8) is 0 Å². The van der Waals surface area contributed by atoms with Gasteiger partial charge in [0.2, 0.25) is 0 Å². The van der Waals surface area contributed by atoms with Gasteiger partial charge in [0.15, 0.2) is 0 Å². The molecule has 0 radical (unpaired) electrons. The van der Waals surface area contributed by atoms with Crippen molar-refractivity contribution in [2.24, 2.45) is 0 Å². The van der Waals surface area contributed by atoms with Gasteiger partial charge in [-0.3, -0.25) is 0 Å². The van der Waals surface area contributed by atoms with Crippen molar-refractivity contribution in [2.75, 3.05) is 20.3 Å². The molecule has 16 heavy (non-hydrogen) atoms. The molecule has 0 aromatic heterocycles. The Kier molecular flexibility index (Phi) is 5.18. The number of ether oxygens (including phenoxy) is 2. The fourth-order valence-electron chi connectivity index (χ4n) is 2.39.